The van der Waals surface area contributed by atoms with Crippen LogP contribution in [-0.2, 0) is 6.42 Å². The molecule has 0 aliphatic heterocycles. The van der Waals surface area contributed by atoms with Gasteiger partial charge in [0, 0.05) is 22.4 Å². The van der Waals surface area contributed by atoms with E-state index in [1.807, 2.05) is 0 Å². The molecule has 5 heteroatoms. The average molecular weight is 220 g/mol. The molecule has 1 heterocycles. The first-order valence-corrected chi connectivity index (χ1v) is 3.83. The predicted octanol–water partition coefficient (Wildman–Crippen LogP) is 1.70. The molecule has 0 saturated carbocycles. The molecule has 0 spiro atoms. The summed E-state index contributed by atoms with van der Waals surface area (Å²) < 4.78 is 4.95. The fraction of sp³-hybridized carbons (Fsp3) is 0.333. The Kier molecular flexibility index (Phi) is 2.28. The molecule has 0 atom stereocenters. The molecule has 0 aromatic carbocycles. The molecule has 0 bridgehead atoms. The maximum atomic E-state index is 10.5. The largest absolute Gasteiger partial charge is 0.476 e. The number of carbonyl (C=O) groups is 1. The van der Waals surface area contributed by atoms with Gasteiger partial charge in [0.1, 0.15) is 5.76 Å². The van der Waals surface area contributed by atoms with E-state index in [4.69, 9.17) is 9.52 Å². The number of oxazole rings is 1. The van der Waals surface area contributed by atoms with Gasteiger partial charge >= 0.3 is 5.97 Å². The fourth-order valence-electron chi connectivity index (χ4n) is 0.730. The first-order chi connectivity index (χ1) is 5.15. The molecule has 0 unspecified atom stereocenters. The number of hydrogen-bond donors (Lipinski definition) is 1. The van der Waals surface area contributed by atoms with Crippen molar-refractivity contribution < 1.29 is 14.3 Å². The Bertz CT molecular complexity index is 281. The third-order valence-corrected chi connectivity index (χ3v) is 1.53. The summed E-state index contributed by atoms with van der Waals surface area (Å²) in [7, 11) is 0. The molecule has 0 aliphatic carbocycles. The molecule has 0 fully saturated rings. The van der Waals surface area contributed by atoms with Crippen LogP contribution in [0.15, 0.2) is 9.22 Å². The molecule has 11 heavy (non-hydrogen) atoms. The monoisotopic (exact) mass is 219 g/mol. The van der Waals surface area contributed by atoms with Crippen molar-refractivity contribution in [3.63, 3.8) is 0 Å². The summed E-state index contributed by atoms with van der Waals surface area (Å²) in [4.78, 5) is 14.3. The SMILES string of the molecule is CCc1oc(Br)nc1C(=O)O. The van der Waals surface area contributed by atoms with Crippen molar-refractivity contribution in [2.75, 3.05) is 0 Å². The van der Waals surface area contributed by atoms with E-state index in [9.17, 15) is 4.79 Å². The maximum Gasteiger partial charge on any atom is 0.358 e. The van der Waals surface area contributed by atoms with Crippen LogP contribution < -0.4 is 0 Å². The average Bonchev–Trinajstić information content (AvgIpc) is 2.30. The number of hydrogen-bond acceptors (Lipinski definition) is 3. The van der Waals surface area contributed by atoms with Crippen molar-refractivity contribution >= 4 is 21.9 Å². The first-order valence-electron chi connectivity index (χ1n) is 3.03. The number of aryl methyl sites for hydroxylation is 1. The van der Waals surface area contributed by atoms with E-state index in [2.05, 4.69) is 20.9 Å². The van der Waals surface area contributed by atoms with Crippen LogP contribution in [0.1, 0.15) is 23.2 Å². The van der Waals surface area contributed by atoms with E-state index in [-0.39, 0.29) is 10.5 Å². The number of carboxylic acids is 1. The Morgan fingerprint density at radius 1 is 1.82 bits per heavy atom. The van der Waals surface area contributed by atoms with E-state index in [1.165, 1.54) is 0 Å². The van der Waals surface area contributed by atoms with Gasteiger partial charge < -0.3 is 9.52 Å². The predicted molar refractivity (Wildman–Crippen MR) is 40.5 cm³/mol. The minimum atomic E-state index is -1.06. The number of rotatable bonds is 2. The van der Waals surface area contributed by atoms with Gasteiger partial charge in [0.25, 0.3) is 4.80 Å². The number of aromatic carboxylic acids is 1. The van der Waals surface area contributed by atoms with Gasteiger partial charge in [-0.3, -0.25) is 0 Å². The normalized spacial score (nSPS) is 10.0. The van der Waals surface area contributed by atoms with Crippen molar-refractivity contribution in [3.05, 3.63) is 16.3 Å². The van der Waals surface area contributed by atoms with Gasteiger partial charge in [0.05, 0.1) is 0 Å². The molecular formula is C6H6BrNO3. The van der Waals surface area contributed by atoms with Crippen LogP contribution in [0.3, 0.4) is 0 Å². The Morgan fingerprint density at radius 3 is 2.82 bits per heavy atom. The standard InChI is InChI=1S/C6H6BrNO3/c1-2-3-4(5(9)10)8-6(7)11-3/h2H2,1H3,(H,9,10). The van der Waals surface area contributed by atoms with Crippen LogP contribution in [0.5, 0.6) is 0 Å². The highest BCUT2D eigenvalue weighted by Gasteiger charge is 2.15. The van der Waals surface area contributed by atoms with Crippen LogP contribution in [-0.4, -0.2) is 16.1 Å². The lowest BCUT2D eigenvalue weighted by Crippen LogP contribution is -1.99. The summed E-state index contributed by atoms with van der Waals surface area (Å²) in [5.41, 5.74) is -0.0145. The van der Waals surface area contributed by atoms with Gasteiger partial charge in [0.2, 0.25) is 0 Å². The molecule has 1 aromatic heterocycles. The molecule has 0 amide bonds. The lowest BCUT2D eigenvalue weighted by atomic mass is 10.3. The third-order valence-electron chi connectivity index (χ3n) is 1.19. The molecule has 1 N–H and O–H groups in total. The highest BCUT2D eigenvalue weighted by Crippen LogP contribution is 2.15. The second-order valence-electron chi connectivity index (χ2n) is 1.90. The van der Waals surface area contributed by atoms with Crippen LogP contribution in [0.25, 0.3) is 0 Å². The molecule has 4 nitrogen and oxygen atoms in total. The Labute approximate surface area is 71.4 Å². The maximum absolute atomic E-state index is 10.5. The summed E-state index contributed by atoms with van der Waals surface area (Å²) >= 11 is 2.95. The number of nitrogens with zero attached hydrogens (tertiary/aromatic N) is 1. The summed E-state index contributed by atoms with van der Waals surface area (Å²) in [6, 6.07) is 0. The highest BCUT2D eigenvalue weighted by molar-refractivity contribution is 9.10. The summed E-state index contributed by atoms with van der Waals surface area (Å²) in [6.07, 6.45) is 0.528. The summed E-state index contributed by atoms with van der Waals surface area (Å²) in [5.74, 6) is -0.666. The quantitative estimate of drug-likeness (QED) is 0.823. The van der Waals surface area contributed by atoms with Crippen molar-refractivity contribution in [2.24, 2.45) is 0 Å². The van der Waals surface area contributed by atoms with Crippen LogP contribution in [0, 0.1) is 0 Å². The molecular weight excluding hydrogens is 214 g/mol. The molecule has 0 aliphatic rings. The molecule has 60 valence electrons. The molecule has 0 radical (unpaired) electrons. The summed E-state index contributed by atoms with van der Waals surface area (Å²) in [6.45, 7) is 1.80. The zero-order chi connectivity index (χ0) is 8.43. The van der Waals surface area contributed by atoms with Crippen molar-refractivity contribution in [1.82, 2.24) is 4.98 Å². The topological polar surface area (TPSA) is 63.3 Å². The van der Waals surface area contributed by atoms with Gasteiger partial charge in [0.15, 0.2) is 5.69 Å². The van der Waals surface area contributed by atoms with Crippen LogP contribution in [0.2, 0.25) is 0 Å². The minimum Gasteiger partial charge on any atom is -0.476 e. The smallest absolute Gasteiger partial charge is 0.358 e. The van der Waals surface area contributed by atoms with Crippen LogP contribution in [0.4, 0.5) is 0 Å². The summed E-state index contributed by atoms with van der Waals surface area (Å²) in [5, 5.41) is 8.57. The second kappa shape index (κ2) is 3.04. The van der Waals surface area contributed by atoms with Crippen molar-refractivity contribution in [3.8, 4) is 0 Å². The van der Waals surface area contributed by atoms with Gasteiger partial charge in [-0.1, -0.05) is 6.92 Å². The lowest BCUT2D eigenvalue weighted by molar-refractivity contribution is 0.0689. The zero-order valence-electron chi connectivity index (χ0n) is 5.80. The number of carboxylic acid groups (broad SMARTS) is 1. The van der Waals surface area contributed by atoms with E-state index < -0.39 is 5.97 Å². The van der Waals surface area contributed by atoms with Gasteiger partial charge in [-0.05, 0) is 0 Å². The molecule has 1 rings (SSSR count). The molecule has 0 saturated heterocycles. The van der Waals surface area contributed by atoms with Crippen molar-refractivity contribution in [2.45, 2.75) is 13.3 Å². The van der Waals surface area contributed by atoms with Crippen molar-refractivity contribution in [1.29, 1.82) is 0 Å². The van der Waals surface area contributed by atoms with E-state index in [0.717, 1.165) is 0 Å². The Hall–Kier alpha value is -0.840. The zero-order valence-corrected chi connectivity index (χ0v) is 7.38. The highest BCUT2D eigenvalue weighted by atomic mass is 79.9. The Balaban J connectivity index is 3.12. The number of halogens is 1. The minimum absolute atomic E-state index is 0.0145. The lowest BCUT2D eigenvalue weighted by Gasteiger charge is -1.87. The van der Waals surface area contributed by atoms with Gasteiger partial charge in [-0.25, -0.2) is 4.79 Å². The van der Waals surface area contributed by atoms with Crippen LogP contribution >= 0.6 is 15.9 Å². The van der Waals surface area contributed by atoms with Gasteiger partial charge in [-0.2, -0.15) is 4.98 Å². The second-order valence-corrected chi connectivity index (χ2v) is 2.58. The number of aromatic nitrogens is 1. The third kappa shape index (κ3) is 1.59. The van der Waals surface area contributed by atoms with E-state index in [0.29, 0.717) is 12.2 Å². The van der Waals surface area contributed by atoms with Gasteiger partial charge in [-0.15, -0.1) is 0 Å². The Morgan fingerprint density at radius 2 is 2.45 bits per heavy atom. The van der Waals surface area contributed by atoms with E-state index in [1.54, 1.807) is 6.92 Å². The fourth-order valence-corrected chi connectivity index (χ4v) is 1.10. The van der Waals surface area contributed by atoms with E-state index >= 15 is 0 Å². The first kappa shape index (κ1) is 8.26. The molecule has 1 aromatic rings.